The van der Waals surface area contributed by atoms with Gasteiger partial charge in [0.15, 0.2) is 28.1 Å². The van der Waals surface area contributed by atoms with E-state index < -0.39 is 5.91 Å². The maximum Gasteiger partial charge on any atom is 0.279 e. The molecule has 0 saturated carbocycles. The number of nitrogens with one attached hydrogen (secondary N) is 1. The molecule has 0 atom stereocenters. The summed E-state index contributed by atoms with van der Waals surface area (Å²) in [5.41, 5.74) is 1.74. The number of hydrogen-bond acceptors (Lipinski definition) is 8. The van der Waals surface area contributed by atoms with Crippen LogP contribution in [0.4, 0.5) is 5.13 Å². The Morgan fingerprint density at radius 3 is 2.93 bits per heavy atom. The summed E-state index contributed by atoms with van der Waals surface area (Å²) in [5.74, 6) is 1.86. The van der Waals surface area contributed by atoms with Crippen LogP contribution < -0.4 is 14.8 Å². The van der Waals surface area contributed by atoms with Gasteiger partial charge in [-0.15, -0.1) is 11.3 Å². The summed E-state index contributed by atoms with van der Waals surface area (Å²) in [6.07, 6.45) is 1.52. The van der Waals surface area contributed by atoms with Gasteiger partial charge in [0.05, 0.1) is 12.0 Å². The molecule has 1 amide bonds. The Labute approximate surface area is 156 Å². The number of hydrogen-bond donors (Lipinski definition) is 1. The number of ether oxygens (including phenoxy) is 2. The molecule has 8 nitrogen and oxygen atoms in total. The highest BCUT2D eigenvalue weighted by Crippen LogP contribution is 2.36. The Hall–Kier alpha value is -3.59. The lowest BCUT2D eigenvalue weighted by Crippen LogP contribution is -2.11. The van der Waals surface area contributed by atoms with E-state index in [1.165, 1.54) is 23.7 Å². The molecule has 0 unspecified atom stereocenters. The molecule has 1 N–H and O–H groups in total. The molecule has 5 rings (SSSR count). The standard InChI is InChI=1S/C18H11N3O5S/c22-17(11-7-16(26-21-11)13-2-1-5-23-13)20-18-19-12(8-27-18)10-3-4-14-15(6-10)25-9-24-14/h1-8H,9H2,(H,19,20,22). The Bertz CT molecular complexity index is 1120. The van der Waals surface area contributed by atoms with Gasteiger partial charge in [-0.3, -0.25) is 10.1 Å². The van der Waals surface area contributed by atoms with Gasteiger partial charge in [-0.05, 0) is 30.3 Å². The molecule has 1 aliphatic heterocycles. The Morgan fingerprint density at radius 2 is 2.04 bits per heavy atom. The predicted molar refractivity (Wildman–Crippen MR) is 95.8 cm³/mol. The number of aromatic nitrogens is 2. The first-order valence-corrected chi connectivity index (χ1v) is 8.82. The quantitative estimate of drug-likeness (QED) is 0.569. The maximum absolute atomic E-state index is 12.4. The molecule has 9 heteroatoms. The summed E-state index contributed by atoms with van der Waals surface area (Å²) in [6.45, 7) is 0.217. The Balaban J connectivity index is 1.32. The Kier molecular flexibility index (Phi) is 3.65. The normalized spacial score (nSPS) is 12.3. The monoisotopic (exact) mass is 381 g/mol. The number of benzene rings is 1. The van der Waals surface area contributed by atoms with E-state index in [2.05, 4.69) is 15.5 Å². The van der Waals surface area contributed by atoms with Crippen molar-refractivity contribution >= 4 is 22.4 Å². The molecule has 0 spiro atoms. The highest BCUT2D eigenvalue weighted by Gasteiger charge is 2.18. The summed E-state index contributed by atoms with van der Waals surface area (Å²) in [5, 5.41) is 8.80. The van der Waals surface area contributed by atoms with Crippen molar-refractivity contribution < 1.29 is 23.2 Å². The van der Waals surface area contributed by atoms with Crippen molar-refractivity contribution in [2.24, 2.45) is 0 Å². The summed E-state index contributed by atoms with van der Waals surface area (Å²) < 4.78 is 21.0. The number of carbonyl (C=O) groups excluding carboxylic acids is 1. The molecule has 1 aliphatic rings. The first-order valence-electron chi connectivity index (χ1n) is 7.94. The van der Waals surface area contributed by atoms with E-state index in [9.17, 15) is 4.79 Å². The van der Waals surface area contributed by atoms with Crippen LogP contribution in [-0.2, 0) is 0 Å². The van der Waals surface area contributed by atoms with Gasteiger partial charge in [0.2, 0.25) is 12.6 Å². The van der Waals surface area contributed by atoms with Crippen molar-refractivity contribution in [1.29, 1.82) is 0 Å². The molecule has 0 bridgehead atoms. The summed E-state index contributed by atoms with van der Waals surface area (Å²) in [7, 11) is 0. The van der Waals surface area contributed by atoms with Crippen molar-refractivity contribution in [3.05, 3.63) is 53.7 Å². The van der Waals surface area contributed by atoms with E-state index in [1.807, 2.05) is 23.6 Å². The molecule has 0 radical (unpaired) electrons. The van der Waals surface area contributed by atoms with E-state index in [1.54, 1.807) is 12.1 Å². The lowest BCUT2D eigenvalue weighted by Gasteiger charge is -2.00. The van der Waals surface area contributed by atoms with Crippen LogP contribution in [0.5, 0.6) is 11.5 Å². The van der Waals surface area contributed by atoms with Crippen molar-refractivity contribution in [1.82, 2.24) is 10.1 Å². The third-order valence-electron chi connectivity index (χ3n) is 3.90. The highest BCUT2D eigenvalue weighted by atomic mass is 32.1. The zero-order valence-corrected chi connectivity index (χ0v) is 14.5. The number of carbonyl (C=O) groups is 1. The van der Waals surface area contributed by atoms with E-state index in [0.29, 0.717) is 28.2 Å². The van der Waals surface area contributed by atoms with Gasteiger partial charge in [0.1, 0.15) is 0 Å². The fourth-order valence-electron chi connectivity index (χ4n) is 2.60. The van der Waals surface area contributed by atoms with E-state index in [4.69, 9.17) is 18.4 Å². The summed E-state index contributed by atoms with van der Waals surface area (Å²) in [4.78, 5) is 16.8. The number of anilines is 1. The second kappa shape index (κ2) is 6.29. The molecule has 0 aliphatic carbocycles. The van der Waals surface area contributed by atoms with Crippen LogP contribution in [0.1, 0.15) is 10.5 Å². The van der Waals surface area contributed by atoms with E-state index in [0.717, 1.165) is 11.3 Å². The van der Waals surface area contributed by atoms with Crippen LogP contribution in [0, 0.1) is 0 Å². The number of rotatable bonds is 4. The fourth-order valence-corrected chi connectivity index (χ4v) is 3.31. The minimum atomic E-state index is -0.414. The van der Waals surface area contributed by atoms with Gasteiger partial charge in [-0.25, -0.2) is 4.98 Å². The SMILES string of the molecule is O=C(Nc1nc(-c2ccc3c(c2)OCO3)cs1)c1cc(-c2ccco2)on1. The van der Waals surface area contributed by atoms with Gasteiger partial charge in [-0.2, -0.15) is 0 Å². The second-order valence-electron chi connectivity index (χ2n) is 5.61. The molecule has 27 heavy (non-hydrogen) atoms. The molecule has 4 aromatic rings. The average molecular weight is 381 g/mol. The lowest BCUT2D eigenvalue weighted by atomic mass is 10.1. The zero-order chi connectivity index (χ0) is 18.2. The lowest BCUT2D eigenvalue weighted by molar-refractivity contribution is 0.101. The van der Waals surface area contributed by atoms with Gasteiger partial charge >= 0.3 is 0 Å². The number of fused-ring (bicyclic) bond motifs is 1. The van der Waals surface area contributed by atoms with Crippen molar-refractivity contribution in [3.63, 3.8) is 0 Å². The van der Waals surface area contributed by atoms with Crippen LogP contribution in [-0.4, -0.2) is 22.8 Å². The van der Waals surface area contributed by atoms with Crippen LogP contribution in [0.2, 0.25) is 0 Å². The zero-order valence-electron chi connectivity index (χ0n) is 13.7. The summed E-state index contributed by atoms with van der Waals surface area (Å²) in [6, 6.07) is 10.5. The van der Waals surface area contributed by atoms with E-state index in [-0.39, 0.29) is 12.5 Å². The summed E-state index contributed by atoms with van der Waals surface area (Å²) >= 11 is 1.31. The highest BCUT2D eigenvalue weighted by molar-refractivity contribution is 7.14. The number of amides is 1. The van der Waals surface area contributed by atoms with Crippen LogP contribution in [0.3, 0.4) is 0 Å². The number of nitrogens with zero attached hydrogens (tertiary/aromatic N) is 2. The van der Waals surface area contributed by atoms with Crippen LogP contribution in [0.25, 0.3) is 22.8 Å². The largest absolute Gasteiger partial charge is 0.461 e. The third-order valence-corrected chi connectivity index (χ3v) is 4.66. The van der Waals surface area contributed by atoms with Gasteiger partial charge in [0, 0.05) is 17.0 Å². The fraction of sp³-hybridized carbons (Fsp3) is 0.0556. The third kappa shape index (κ3) is 2.93. The van der Waals surface area contributed by atoms with Gasteiger partial charge in [-0.1, -0.05) is 5.16 Å². The molecule has 3 aromatic heterocycles. The molecule has 1 aromatic carbocycles. The van der Waals surface area contributed by atoms with Crippen molar-refractivity contribution in [3.8, 4) is 34.3 Å². The minimum Gasteiger partial charge on any atom is -0.461 e. The van der Waals surface area contributed by atoms with Crippen LogP contribution in [0.15, 0.2) is 57.0 Å². The number of thiazole rings is 1. The molecule has 0 saturated heterocycles. The minimum absolute atomic E-state index is 0.140. The van der Waals surface area contributed by atoms with Gasteiger partial charge in [0.25, 0.3) is 5.91 Å². The van der Waals surface area contributed by atoms with E-state index >= 15 is 0 Å². The molecule has 134 valence electrons. The van der Waals surface area contributed by atoms with Crippen LogP contribution >= 0.6 is 11.3 Å². The maximum atomic E-state index is 12.4. The topological polar surface area (TPSA) is 99.6 Å². The Morgan fingerprint density at radius 1 is 1.11 bits per heavy atom. The number of furan rings is 1. The molecule has 0 fully saturated rings. The molecule has 4 heterocycles. The van der Waals surface area contributed by atoms with Crippen molar-refractivity contribution in [2.45, 2.75) is 0 Å². The molecular weight excluding hydrogens is 370 g/mol. The van der Waals surface area contributed by atoms with Crippen molar-refractivity contribution in [2.75, 3.05) is 12.1 Å². The second-order valence-corrected chi connectivity index (χ2v) is 6.47. The average Bonchev–Trinajstić information content (AvgIpc) is 3.47. The first kappa shape index (κ1) is 15.6. The first-order chi connectivity index (χ1) is 13.3. The predicted octanol–water partition coefficient (Wildman–Crippen LogP) is 4.04. The smallest absolute Gasteiger partial charge is 0.279 e. The molecular formula is C18H11N3O5S. The van der Waals surface area contributed by atoms with Gasteiger partial charge < -0.3 is 18.4 Å².